The SMILES string of the molecule is CC1CCN(C(=O)C[C@H]2c3nc(NC(=O)c4ccco4)sc3C[C@H]3[C@](C)(CO)[C@H](O)CC[C@]32C)CC1. The zero-order valence-corrected chi connectivity index (χ0v) is 22.1. The quantitative estimate of drug-likeness (QED) is 0.553. The molecule has 5 rings (SSSR count). The molecular formula is C27H37N3O5S. The Hall–Kier alpha value is -2.23. The van der Waals surface area contributed by atoms with Crippen LogP contribution in [0.4, 0.5) is 5.13 Å². The molecule has 0 aromatic carbocycles. The van der Waals surface area contributed by atoms with Crippen LogP contribution in [0.3, 0.4) is 0 Å². The second kappa shape index (κ2) is 9.58. The van der Waals surface area contributed by atoms with Crippen LogP contribution >= 0.6 is 11.3 Å². The van der Waals surface area contributed by atoms with Crippen LogP contribution in [0, 0.1) is 22.7 Å². The highest BCUT2D eigenvalue weighted by Gasteiger charge is 2.59. The summed E-state index contributed by atoms with van der Waals surface area (Å²) >= 11 is 1.42. The first-order valence-electron chi connectivity index (χ1n) is 13.1. The number of aromatic nitrogens is 1. The molecular weight excluding hydrogens is 478 g/mol. The number of piperidine rings is 1. The van der Waals surface area contributed by atoms with Gasteiger partial charge in [-0.2, -0.15) is 0 Å². The van der Waals surface area contributed by atoms with Gasteiger partial charge in [0.25, 0.3) is 5.91 Å². The second-order valence-corrected chi connectivity index (χ2v) is 12.6. The molecule has 3 aliphatic rings. The third-order valence-corrected chi connectivity index (χ3v) is 10.4. The van der Waals surface area contributed by atoms with Crippen molar-refractivity contribution in [2.75, 3.05) is 25.0 Å². The Morgan fingerprint density at radius 1 is 1.28 bits per heavy atom. The minimum atomic E-state index is -0.673. The standard InChI is InChI=1S/C27H37N3O5S/c1-16-7-10-30(11-8-16)22(33)13-17-23-19(36-25(28-23)29-24(34)18-5-4-12-35-18)14-20-26(17,2)9-6-21(32)27(20,3)15-31/h4-5,12,16-17,20-21,31-32H,6-11,13-15H2,1-3H3,(H,28,29,34)/t17-,20+,21+,26-,27-/m0/s1. The fourth-order valence-corrected chi connectivity index (χ4v) is 7.89. The van der Waals surface area contributed by atoms with Gasteiger partial charge in [0.15, 0.2) is 10.9 Å². The number of aliphatic hydroxyl groups is 2. The molecule has 2 aliphatic carbocycles. The van der Waals surface area contributed by atoms with E-state index in [4.69, 9.17) is 9.40 Å². The summed E-state index contributed by atoms with van der Waals surface area (Å²) in [4.78, 5) is 34.1. The van der Waals surface area contributed by atoms with Crippen molar-refractivity contribution >= 4 is 28.3 Å². The van der Waals surface area contributed by atoms with E-state index in [9.17, 15) is 19.8 Å². The Kier molecular flexibility index (Phi) is 6.76. The van der Waals surface area contributed by atoms with E-state index in [0.717, 1.165) is 42.9 Å². The van der Waals surface area contributed by atoms with Crippen molar-refractivity contribution in [2.24, 2.45) is 22.7 Å². The van der Waals surface area contributed by atoms with Crippen molar-refractivity contribution in [1.29, 1.82) is 0 Å². The number of thiazole rings is 1. The molecule has 2 fully saturated rings. The number of hydrogen-bond acceptors (Lipinski definition) is 7. The van der Waals surface area contributed by atoms with Crippen LogP contribution in [-0.4, -0.2) is 57.7 Å². The molecule has 2 amide bonds. The number of aliphatic hydroxyl groups excluding tert-OH is 2. The van der Waals surface area contributed by atoms with E-state index in [0.29, 0.717) is 30.3 Å². The summed E-state index contributed by atoms with van der Waals surface area (Å²) in [5.41, 5.74) is -0.101. The van der Waals surface area contributed by atoms with E-state index in [1.807, 2.05) is 11.8 Å². The summed E-state index contributed by atoms with van der Waals surface area (Å²) in [6.45, 7) is 7.86. The largest absolute Gasteiger partial charge is 0.459 e. The maximum atomic E-state index is 13.6. The highest BCUT2D eigenvalue weighted by atomic mass is 32.1. The molecule has 2 aromatic heterocycles. The van der Waals surface area contributed by atoms with Crippen molar-refractivity contribution in [3.8, 4) is 0 Å². The molecule has 196 valence electrons. The van der Waals surface area contributed by atoms with Gasteiger partial charge in [-0.05, 0) is 61.5 Å². The van der Waals surface area contributed by atoms with Crippen LogP contribution in [0.15, 0.2) is 22.8 Å². The molecule has 0 radical (unpaired) electrons. The predicted molar refractivity (Wildman–Crippen MR) is 137 cm³/mol. The van der Waals surface area contributed by atoms with Gasteiger partial charge in [-0.15, -0.1) is 11.3 Å². The number of carbonyl (C=O) groups is 2. The summed E-state index contributed by atoms with van der Waals surface area (Å²) in [6.07, 6.45) is 5.24. The molecule has 0 spiro atoms. The molecule has 3 heterocycles. The summed E-state index contributed by atoms with van der Waals surface area (Å²) in [6, 6.07) is 3.27. The lowest BCUT2D eigenvalue weighted by Crippen LogP contribution is -2.57. The Bertz CT molecular complexity index is 1110. The van der Waals surface area contributed by atoms with Crippen LogP contribution in [0.25, 0.3) is 0 Å². The molecule has 8 nitrogen and oxygen atoms in total. The van der Waals surface area contributed by atoms with Crippen LogP contribution in [0.1, 0.15) is 79.9 Å². The zero-order chi connectivity index (χ0) is 25.7. The summed E-state index contributed by atoms with van der Waals surface area (Å²) in [5, 5.41) is 24.7. The van der Waals surface area contributed by atoms with Crippen LogP contribution in [-0.2, 0) is 11.2 Å². The number of furan rings is 1. The summed E-state index contributed by atoms with van der Waals surface area (Å²) in [5.74, 6) is 0.472. The topological polar surface area (TPSA) is 116 Å². The van der Waals surface area contributed by atoms with Gasteiger partial charge in [-0.1, -0.05) is 20.8 Å². The molecule has 9 heteroatoms. The van der Waals surface area contributed by atoms with E-state index in [1.54, 1.807) is 12.1 Å². The smallest absolute Gasteiger partial charge is 0.293 e. The number of rotatable bonds is 5. The van der Waals surface area contributed by atoms with Gasteiger partial charge in [0.1, 0.15) is 0 Å². The third kappa shape index (κ3) is 4.29. The van der Waals surface area contributed by atoms with Crippen LogP contribution in [0.5, 0.6) is 0 Å². The fraction of sp³-hybridized carbons (Fsp3) is 0.667. The summed E-state index contributed by atoms with van der Waals surface area (Å²) < 4.78 is 5.22. The molecule has 2 aromatic rings. The maximum absolute atomic E-state index is 13.6. The van der Waals surface area contributed by atoms with Crippen molar-refractivity contribution in [1.82, 2.24) is 9.88 Å². The average molecular weight is 516 g/mol. The van der Waals surface area contributed by atoms with Gasteiger partial charge in [-0.3, -0.25) is 14.9 Å². The van der Waals surface area contributed by atoms with E-state index < -0.39 is 11.5 Å². The number of fused-ring (bicyclic) bond motifs is 2. The van der Waals surface area contributed by atoms with Gasteiger partial charge in [-0.25, -0.2) is 4.98 Å². The minimum Gasteiger partial charge on any atom is -0.459 e. The number of anilines is 1. The number of carbonyl (C=O) groups excluding carboxylic acids is 2. The average Bonchev–Trinajstić information content (AvgIpc) is 3.53. The predicted octanol–water partition coefficient (Wildman–Crippen LogP) is 4.05. The zero-order valence-electron chi connectivity index (χ0n) is 21.3. The lowest BCUT2D eigenvalue weighted by molar-refractivity contribution is -0.147. The summed E-state index contributed by atoms with van der Waals surface area (Å²) in [7, 11) is 0. The molecule has 1 saturated heterocycles. The molecule has 5 atom stereocenters. The minimum absolute atomic E-state index is 0.0143. The Labute approximate surface area is 216 Å². The monoisotopic (exact) mass is 515 g/mol. The fourth-order valence-electron chi connectivity index (χ4n) is 6.83. The molecule has 1 aliphatic heterocycles. The van der Waals surface area contributed by atoms with Crippen molar-refractivity contribution in [3.05, 3.63) is 34.7 Å². The number of nitrogens with one attached hydrogen (secondary N) is 1. The number of amides is 2. The first-order valence-corrected chi connectivity index (χ1v) is 13.9. The lowest BCUT2D eigenvalue weighted by atomic mass is 9.47. The third-order valence-electron chi connectivity index (χ3n) is 9.37. The first kappa shape index (κ1) is 25.4. The first-order chi connectivity index (χ1) is 17.2. The Balaban J connectivity index is 1.49. The highest BCUT2D eigenvalue weighted by molar-refractivity contribution is 7.15. The van der Waals surface area contributed by atoms with Gasteiger partial charge >= 0.3 is 0 Å². The van der Waals surface area contributed by atoms with Gasteiger partial charge < -0.3 is 19.5 Å². The second-order valence-electron chi connectivity index (χ2n) is 11.6. The van der Waals surface area contributed by atoms with Crippen LogP contribution in [0.2, 0.25) is 0 Å². The van der Waals surface area contributed by atoms with Crippen LogP contribution < -0.4 is 5.32 Å². The number of nitrogens with zero attached hydrogens (tertiary/aromatic N) is 2. The van der Waals surface area contributed by atoms with Crippen molar-refractivity contribution in [2.45, 2.75) is 71.3 Å². The Morgan fingerprint density at radius 3 is 2.69 bits per heavy atom. The molecule has 3 N–H and O–H groups in total. The molecule has 0 unspecified atom stereocenters. The molecule has 0 bridgehead atoms. The van der Waals surface area contributed by atoms with Crippen molar-refractivity contribution < 1.29 is 24.2 Å². The number of hydrogen-bond donors (Lipinski definition) is 3. The van der Waals surface area contributed by atoms with E-state index in [-0.39, 0.29) is 41.4 Å². The van der Waals surface area contributed by atoms with Gasteiger partial charge in [0, 0.05) is 35.7 Å². The highest BCUT2D eigenvalue weighted by Crippen LogP contribution is 2.63. The normalized spacial score (nSPS) is 32.6. The lowest BCUT2D eigenvalue weighted by Gasteiger charge is -2.58. The molecule has 36 heavy (non-hydrogen) atoms. The van der Waals surface area contributed by atoms with E-state index >= 15 is 0 Å². The van der Waals surface area contributed by atoms with Crippen molar-refractivity contribution in [3.63, 3.8) is 0 Å². The maximum Gasteiger partial charge on any atom is 0.293 e. The van der Waals surface area contributed by atoms with E-state index in [1.165, 1.54) is 17.6 Å². The van der Waals surface area contributed by atoms with E-state index in [2.05, 4.69) is 19.2 Å². The Morgan fingerprint density at radius 2 is 2.03 bits per heavy atom. The molecule has 1 saturated carbocycles. The van der Waals surface area contributed by atoms with Gasteiger partial charge in [0.05, 0.1) is 24.7 Å². The number of likely N-dealkylation sites (tertiary alicyclic amines) is 1. The van der Waals surface area contributed by atoms with Gasteiger partial charge in [0.2, 0.25) is 5.91 Å².